The van der Waals surface area contributed by atoms with E-state index >= 15 is 0 Å². The molecule has 0 saturated carbocycles. The minimum Gasteiger partial charge on any atom is -0.392 e. The molecule has 0 radical (unpaired) electrons. The number of allylic oxidation sites excluding steroid dienone is 2. The van der Waals surface area contributed by atoms with E-state index in [1.165, 1.54) is 0 Å². The van der Waals surface area contributed by atoms with Crippen LogP contribution in [0.3, 0.4) is 0 Å². The molecule has 0 fully saturated rings. The number of benzene rings is 2. The summed E-state index contributed by atoms with van der Waals surface area (Å²) in [6.07, 6.45) is 11.5. The smallest absolute Gasteiger partial charge is 0.321 e. The van der Waals surface area contributed by atoms with Gasteiger partial charge in [0.15, 0.2) is 0 Å². The van der Waals surface area contributed by atoms with E-state index in [9.17, 15) is 9.59 Å². The monoisotopic (exact) mass is 386 g/mol. The molecule has 0 heterocycles. The fourth-order valence-corrected chi connectivity index (χ4v) is 4.53. The summed E-state index contributed by atoms with van der Waals surface area (Å²) in [5.74, 6) is -1.62. The van der Waals surface area contributed by atoms with Crippen molar-refractivity contribution in [1.29, 1.82) is 0 Å². The summed E-state index contributed by atoms with van der Waals surface area (Å²) in [6.45, 7) is 0. The molecular formula is C26H26O3. The molecule has 0 bridgehead atoms. The van der Waals surface area contributed by atoms with Crippen LogP contribution >= 0.6 is 0 Å². The molecule has 29 heavy (non-hydrogen) atoms. The fourth-order valence-electron chi connectivity index (χ4n) is 4.53. The van der Waals surface area contributed by atoms with Crippen molar-refractivity contribution in [2.24, 2.45) is 11.8 Å². The second-order valence-electron chi connectivity index (χ2n) is 7.84. The van der Waals surface area contributed by atoms with Gasteiger partial charge < -0.3 is 4.74 Å². The Morgan fingerprint density at radius 2 is 1.07 bits per heavy atom. The Kier molecular flexibility index (Phi) is 6.04. The van der Waals surface area contributed by atoms with Crippen LogP contribution in [0.4, 0.5) is 0 Å². The predicted octanol–water partition coefficient (Wildman–Crippen LogP) is 5.56. The average molecular weight is 386 g/mol. The molecule has 148 valence electrons. The van der Waals surface area contributed by atoms with Crippen LogP contribution in [0.5, 0.6) is 0 Å². The second-order valence-corrected chi connectivity index (χ2v) is 7.84. The molecule has 4 rings (SSSR count). The molecule has 4 atom stereocenters. The van der Waals surface area contributed by atoms with E-state index in [2.05, 4.69) is 0 Å². The molecule has 2 aliphatic rings. The first-order valence-corrected chi connectivity index (χ1v) is 10.4. The molecule has 2 aromatic rings. The Hall–Kier alpha value is -2.94. The predicted molar refractivity (Wildman–Crippen MR) is 113 cm³/mol. The lowest BCUT2D eigenvalue weighted by molar-refractivity contribution is -0.164. The Morgan fingerprint density at radius 3 is 1.48 bits per heavy atom. The highest BCUT2D eigenvalue weighted by molar-refractivity contribution is 5.90. The largest absolute Gasteiger partial charge is 0.392 e. The van der Waals surface area contributed by atoms with Gasteiger partial charge in [-0.25, -0.2) is 0 Å². The van der Waals surface area contributed by atoms with E-state index < -0.39 is 23.8 Å². The van der Waals surface area contributed by atoms with Crippen LogP contribution in [-0.2, 0) is 14.3 Å². The quantitative estimate of drug-likeness (QED) is 0.393. The van der Waals surface area contributed by atoms with Gasteiger partial charge in [-0.15, -0.1) is 0 Å². The number of rotatable bonds is 4. The zero-order valence-electron chi connectivity index (χ0n) is 16.4. The number of hydrogen-bond acceptors (Lipinski definition) is 3. The molecule has 3 nitrogen and oxygen atoms in total. The van der Waals surface area contributed by atoms with Gasteiger partial charge >= 0.3 is 11.9 Å². The van der Waals surface area contributed by atoms with Gasteiger partial charge in [0.2, 0.25) is 0 Å². The highest BCUT2D eigenvalue weighted by Crippen LogP contribution is 2.37. The minimum atomic E-state index is -0.439. The van der Waals surface area contributed by atoms with E-state index in [0.717, 1.165) is 36.8 Å². The molecule has 3 heteroatoms. The highest BCUT2D eigenvalue weighted by atomic mass is 16.6. The molecule has 0 aromatic heterocycles. The van der Waals surface area contributed by atoms with Crippen molar-refractivity contribution in [3.8, 4) is 0 Å². The lowest BCUT2D eigenvalue weighted by Crippen LogP contribution is -2.31. The zero-order valence-corrected chi connectivity index (χ0v) is 16.4. The normalized spacial score (nSPS) is 26.1. The van der Waals surface area contributed by atoms with Crippen LogP contribution in [0.1, 0.15) is 48.6 Å². The number of carbonyl (C=O) groups excluding carboxylic acids is 2. The van der Waals surface area contributed by atoms with E-state index in [1.54, 1.807) is 0 Å². The first-order valence-electron chi connectivity index (χ1n) is 10.4. The van der Waals surface area contributed by atoms with E-state index in [0.29, 0.717) is 0 Å². The molecule has 0 aliphatic heterocycles. The summed E-state index contributed by atoms with van der Waals surface area (Å²) in [5.41, 5.74) is 2.23. The van der Waals surface area contributed by atoms with Gasteiger partial charge in [0.1, 0.15) is 0 Å². The maximum absolute atomic E-state index is 13.0. The summed E-state index contributed by atoms with van der Waals surface area (Å²) in [4.78, 5) is 25.9. The number of carbonyl (C=O) groups is 2. The van der Waals surface area contributed by atoms with Gasteiger partial charge in [-0.3, -0.25) is 9.59 Å². The van der Waals surface area contributed by atoms with Gasteiger partial charge in [-0.05, 0) is 36.8 Å². The van der Waals surface area contributed by atoms with Crippen LogP contribution in [-0.4, -0.2) is 11.9 Å². The molecular weight excluding hydrogens is 360 g/mol. The Bertz CT molecular complexity index is 823. The van der Waals surface area contributed by atoms with Crippen LogP contribution in [0, 0.1) is 11.8 Å². The zero-order chi connectivity index (χ0) is 20.1. The minimum absolute atomic E-state index is 0.0494. The van der Waals surface area contributed by atoms with Crippen molar-refractivity contribution >= 4 is 11.9 Å². The Morgan fingerprint density at radius 1 is 0.655 bits per heavy atom. The van der Waals surface area contributed by atoms with Gasteiger partial charge in [-0.2, -0.15) is 0 Å². The van der Waals surface area contributed by atoms with Crippen molar-refractivity contribution in [3.05, 3.63) is 96.1 Å². The summed E-state index contributed by atoms with van der Waals surface area (Å²) in [6, 6.07) is 20.1. The van der Waals surface area contributed by atoms with E-state index in [1.807, 2.05) is 85.0 Å². The summed E-state index contributed by atoms with van der Waals surface area (Å²) in [5, 5.41) is 0. The van der Waals surface area contributed by atoms with Crippen molar-refractivity contribution in [2.75, 3.05) is 0 Å². The Labute approximate surface area is 172 Å². The topological polar surface area (TPSA) is 43.4 Å². The molecule has 0 saturated heterocycles. The van der Waals surface area contributed by atoms with Gasteiger partial charge in [0, 0.05) is 11.8 Å². The first kappa shape index (κ1) is 19.4. The molecule has 4 unspecified atom stereocenters. The molecule has 0 spiro atoms. The average Bonchev–Trinajstić information content (AvgIpc) is 2.80. The summed E-state index contributed by atoms with van der Waals surface area (Å²) in [7, 11) is 0. The van der Waals surface area contributed by atoms with Crippen molar-refractivity contribution in [3.63, 3.8) is 0 Å². The summed E-state index contributed by atoms with van der Waals surface area (Å²) < 4.78 is 5.45. The van der Waals surface area contributed by atoms with Crippen molar-refractivity contribution in [1.82, 2.24) is 0 Å². The third kappa shape index (κ3) is 4.40. The maximum atomic E-state index is 13.0. The first-order chi connectivity index (χ1) is 14.2. The van der Waals surface area contributed by atoms with Crippen molar-refractivity contribution in [2.45, 2.75) is 37.5 Å². The molecule has 0 amide bonds. The lowest BCUT2D eigenvalue weighted by atomic mass is 9.78. The van der Waals surface area contributed by atoms with Gasteiger partial charge in [0.25, 0.3) is 0 Å². The third-order valence-corrected chi connectivity index (χ3v) is 6.04. The Balaban J connectivity index is 1.50. The number of ether oxygens (including phenoxy) is 1. The number of esters is 2. The fraction of sp³-hybridized carbons (Fsp3) is 0.308. The van der Waals surface area contributed by atoms with E-state index in [4.69, 9.17) is 4.74 Å². The third-order valence-electron chi connectivity index (χ3n) is 6.04. The highest BCUT2D eigenvalue weighted by Gasteiger charge is 2.36. The van der Waals surface area contributed by atoms with Crippen LogP contribution in [0.25, 0.3) is 0 Å². The van der Waals surface area contributed by atoms with Crippen LogP contribution in [0.2, 0.25) is 0 Å². The molecule has 2 aromatic carbocycles. The van der Waals surface area contributed by atoms with Gasteiger partial charge in [0.05, 0.1) is 11.8 Å². The van der Waals surface area contributed by atoms with E-state index in [-0.39, 0.29) is 11.8 Å². The SMILES string of the molecule is O=C(OC(=O)C1C=CCCC1c1ccccc1)C1C=CCCC1c1ccccc1. The maximum Gasteiger partial charge on any atom is 0.321 e. The summed E-state index contributed by atoms with van der Waals surface area (Å²) >= 11 is 0. The van der Waals surface area contributed by atoms with Crippen molar-refractivity contribution < 1.29 is 14.3 Å². The number of hydrogen-bond donors (Lipinski definition) is 0. The second kappa shape index (κ2) is 9.04. The molecule has 2 aliphatic carbocycles. The van der Waals surface area contributed by atoms with Crippen LogP contribution < -0.4 is 0 Å². The standard InChI is InChI=1S/C26H26O3/c27-25(23-17-9-7-15-21(23)19-11-3-1-4-12-19)29-26(28)24-18-10-8-16-22(24)20-13-5-2-6-14-20/h1-6,9-14,17-18,21-24H,7-8,15-16H2. The molecule has 0 N–H and O–H groups in total. The van der Waals surface area contributed by atoms with Crippen LogP contribution in [0.15, 0.2) is 85.0 Å². The van der Waals surface area contributed by atoms with Gasteiger partial charge in [-0.1, -0.05) is 85.0 Å². The lowest BCUT2D eigenvalue weighted by Gasteiger charge is -2.29.